The van der Waals surface area contributed by atoms with E-state index in [9.17, 15) is 13.2 Å². The highest BCUT2D eigenvalue weighted by molar-refractivity contribution is 7.92. The molecule has 134 valence electrons. The van der Waals surface area contributed by atoms with Crippen LogP contribution in [-0.4, -0.2) is 26.6 Å². The molecule has 0 saturated heterocycles. The Kier molecular flexibility index (Phi) is 6.08. The van der Waals surface area contributed by atoms with Gasteiger partial charge in [-0.3, -0.25) is 9.10 Å². The van der Waals surface area contributed by atoms with E-state index in [1.54, 1.807) is 37.3 Å². The molecule has 25 heavy (non-hydrogen) atoms. The standard InChI is InChI=1S/C18H21ClN2O3S/c1-4-17(18(22)20-16-8-6-5-7-13(16)2)21(25(3,23)24)15-11-9-14(19)10-12-15/h5-12,17H,4H2,1-3H3,(H,20,22)/t17-/m0/s1. The molecule has 1 N–H and O–H groups in total. The van der Waals surface area contributed by atoms with Crippen LogP contribution >= 0.6 is 11.6 Å². The predicted molar refractivity (Wildman–Crippen MR) is 103 cm³/mol. The van der Waals surface area contributed by atoms with Gasteiger partial charge in [0.05, 0.1) is 11.9 Å². The highest BCUT2D eigenvalue weighted by Gasteiger charge is 2.31. The van der Waals surface area contributed by atoms with Crippen molar-refractivity contribution in [3.63, 3.8) is 0 Å². The third-order valence-corrected chi connectivity index (χ3v) is 5.25. The van der Waals surface area contributed by atoms with Crippen LogP contribution in [0.1, 0.15) is 18.9 Å². The lowest BCUT2D eigenvalue weighted by molar-refractivity contribution is -0.117. The Balaban J connectivity index is 2.38. The van der Waals surface area contributed by atoms with Gasteiger partial charge >= 0.3 is 0 Å². The molecule has 0 aliphatic heterocycles. The van der Waals surface area contributed by atoms with E-state index < -0.39 is 16.1 Å². The van der Waals surface area contributed by atoms with Gasteiger partial charge in [0, 0.05) is 10.7 Å². The van der Waals surface area contributed by atoms with Crippen molar-refractivity contribution in [2.24, 2.45) is 0 Å². The molecule has 0 spiro atoms. The third kappa shape index (κ3) is 4.74. The second-order valence-electron chi connectivity index (χ2n) is 5.76. The number of hydrogen-bond donors (Lipinski definition) is 1. The molecule has 2 rings (SSSR count). The second-order valence-corrected chi connectivity index (χ2v) is 8.06. The number of anilines is 2. The number of carbonyl (C=O) groups is 1. The molecule has 0 saturated carbocycles. The van der Waals surface area contributed by atoms with Crippen molar-refractivity contribution in [3.8, 4) is 0 Å². The van der Waals surface area contributed by atoms with Gasteiger partial charge in [-0.15, -0.1) is 0 Å². The fourth-order valence-corrected chi connectivity index (χ4v) is 3.92. The number of carbonyl (C=O) groups excluding carboxylic acids is 1. The smallest absolute Gasteiger partial charge is 0.248 e. The summed E-state index contributed by atoms with van der Waals surface area (Å²) in [6.45, 7) is 3.65. The Morgan fingerprint density at radius 3 is 2.28 bits per heavy atom. The quantitative estimate of drug-likeness (QED) is 0.828. The van der Waals surface area contributed by atoms with E-state index in [2.05, 4.69) is 5.32 Å². The number of rotatable bonds is 6. The molecule has 5 nitrogen and oxygen atoms in total. The number of sulfonamides is 1. The van der Waals surface area contributed by atoms with Crippen LogP contribution in [0, 0.1) is 6.92 Å². The molecule has 0 aromatic heterocycles. The second kappa shape index (κ2) is 7.89. The molecule has 0 heterocycles. The minimum atomic E-state index is -3.66. The first-order chi connectivity index (χ1) is 11.7. The Morgan fingerprint density at radius 2 is 1.76 bits per heavy atom. The number of amides is 1. The summed E-state index contributed by atoms with van der Waals surface area (Å²) in [6, 6.07) is 12.9. The molecule has 7 heteroatoms. The first-order valence-corrected chi connectivity index (χ1v) is 10.1. The van der Waals surface area contributed by atoms with Gasteiger partial charge in [0.1, 0.15) is 6.04 Å². The molecule has 0 radical (unpaired) electrons. The molecule has 0 unspecified atom stereocenters. The molecule has 0 aliphatic carbocycles. The van der Waals surface area contributed by atoms with Crippen LogP contribution in [0.5, 0.6) is 0 Å². The van der Waals surface area contributed by atoms with Crippen LogP contribution < -0.4 is 9.62 Å². The van der Waals surface area contributed by atoms with E-state index in [1.165, 1.54) is 0 Å². The topological polar surface area (TPSA) is 66.5 Å². The summed E-state index contributed by atoms with van der Waals surface area (Å²) in [5.74, 6) is -0.378. The number of nitrogens with one attached hydrogen (secondary N) is 1. The maximum absolute atomic E-state index is 12.8. The zero-order valence-electron chi connectivity index (χ0n) is 14.4. The van der Waals surface area contributed by atoms with Crippen molar-refractivity contribution in [3.05, 3.63) is 59.1 Å². The molecule has 0 aliphatic rings. The van der Waals surface area contributed by atoms with Crippen LogP contribution in [0.2, 0.25) is 5.02 Å². The molecule has 0 bridgehead atoms. The largest absolute Gasteiger partial charge is 0.324 e. The summed E-state index contributed by atoms with van der Waals surface area (Å²) in [4.78, 5) is 12.8. The van der Waals surface area contributed by atoms with Crippen molar-refractivity contribution in [2.45, 2.75) is 26.3 Å². The molecule has 0 fully saturated rings. The Bertz CT molecular complexity index is 851. The van der Waals surface area contributed by atoms with E-state index >= 15 is 0 Å². The summed E-state index contributed by atoms with van der Waals surface area (Å²) in [5, 5.41) is 3.32. The molecule has 1 amide bonds. The number of halogens is 1. The molecule has 2 aromatic carbocycles. The minimum Gasteiger partial charge on any atom is -0.324 e. The van der Waals surface area contributed by atoms with E-state index in [-0.39, 0.29) is 5.91 Å². The van der Waals surface area contributed by atoms with Crippen LogP contribution in [-0.2, 0) is 14.8 Å². The SMILES string of the molecule is CC[C@@H](C(=O)Nc1ccccc1C)N(c1ccc(Cl)cc1)S(C)(=O)=O. The Hall–Kier alpha value is -2.05. The van der Waals surface area contributed by atoms with Crippen LogP contribution in [0.3, 0.4) is 0 Å². The zero-order chi connectivity index (χ0) is 18.6. The van der Waals surface area contributed by atoms with Crippen LogP contribution in [0.4, 0.5) is 11.4 Å². The van der Waals surface area contributed by atoms with Crippen molar-refractivity contribution in [1.29, 1.82) is 0 Å². The van der Waals surface area contributed by atoms with Crippen molar-refractivity contribution >= 4 is 38.9 Å². The summed E-state index contributed by atoms with van der Waals surface area (Å²) in [5.41, 5.74) is 1.97. The maximum Gasteiger partial charge on any atom is 0.248 e. The average Bonchev–Trinajstić information content (AvgIpc) is 2.54. The Morgan fingerprint density at radius 1 is 1.16 bits per heavy atom. The monoisotopic (exact) mass is 380 g/mol. The fraction of sp³-hybridized carbons (Fsp3) is 0.278. The molecular formula is C18H21ClN2O3S. The highest BCUT2D eigenvalue weighted by atomic mass is 35.5. The summed E-state index contributed by atoms with van der Waals surface area (Å²) < 4.78 is 25.8. The molecular weight excluding hydrogens is 360 g/mol. The van der Waals surface area contributed by atoms with Crippen LogP contribution in [0.25, 0.3) is 0 Å². The highest BCUT2D eigenvalue weighted by Crippen LogP contribution is 2.25. The number of benzene rings is 2. The van der Waals surface area contributed by atoms with Crippen molar-refractivity contribution < 1.29 is 13.2 Å². The van der Waals surface area contributed by atoms with Gasteiger partial charge < -0.3 is 5.32 Å². The van der Waals surface area contributed by atoms with Gasteiger partial charge in [-0.25, -0.2) is 8.42 Å². The lowest BCUT2D eigenvalue weighted by Gasteiger charge is -2.30. The third-order valence-electron chi connectivity index (χ3n) is 3.81. The predicted octanol–water partition coefficient (Wildman–Crippen LogP) is 3.83. The molecule has 2 aromatic rings. The Labute approximate surface area is 153 Å². The van der Waals surface area contributed by atoms with Gasteiger partial charge in [0.25, 0.3) is 0 Å². The van der Waals surface area contributed by atoms with Gasteiger partial charge in [0.2, 0.25) is 15.9 Å². The lowest BCUT2D eigenvalue weighted by atomic mass is 10.1. The van der Waals surface area contributed by atoms with Crippen molar-refractivity contribution in [2.75, 3.05) is 15.9 Å². The van der Waals surface area contributed by atoms with Gasteiger partial charge in [-0.2, -0.15) is 0 Å². The maximum atomic E-state index is 12.8. The van der Waals surface area contributed by atoms with Gasteiger partial charge in [-0.05, 0) is 49.2 Å². The normalized spacial score (nSPS) is 12.5. The summed E-state index contributed by atoms with van der Waals surface area (Å²) in [6.07, 6.45) is 1.42. The fourth-order valence-electron chi connectivity index (χ4n) is 2.58. The number of aryl methyl sites for hydroxylation is 1. The summed E-state index contributed by atoms with van der Waals surface area (Å²) >= 11 is 5.88. The van der Waals surface area contributed by atoms with E-state index in [0.717, 1.165) is 16.1 Å². The van der Waals surface area contributed by atoms with E-state index in [1.807, 2.05) is 25.1 Å². The van der Waals surface area contributed by atoms with E-state index in [0.29, 0.717) is 22.8 Å². The first-order valence-electron chi connectivity index (χ1n) is 7.85. The number of para-hydroxylation sites is 1. The lowest BCUT2D eigenvalue weighted by Crippen LogP contribution is -2.47. The molecule has 1 atom stereocenters. The summed E-state index contributed by atoms with van der Waals surface area (Å²) in [7, 11) is -3.66. The number of hydrogen-bond acceptors (Lipinski definition) is 3. The van der Waals surface area contributed by atoms with Crippen molar-refractivity contribution in [1.82, 2.24) is 0 Å². The van der Waals surface area contributed by atoms with E-state index in [4.69, 9.17) is 11.6 Å². The van der Waals surface area contributed by atoms with Gasteiger partial charge in [0.15, 0.2) is 0 Å². The average molecular weight is 381 g/mol. The van der Waals surface area contributed by atoms with Gasteiger partial charge in [-0.1, -0.05) is 36.7 Å². The number of nitrogens with zero attached hydrogens (tertiary/aromatic N) is 1. The van der Waals surface area contributed by atoms with Crippen LogP contribution in [0.15, 0.2) is 48.5 Å². The first kappa shape index (κ1) is 19.3. The zero-order valence-corrected chi connectivity index (χ0v) is 15.9. The minimum absolute atomic E-state index is 0.327.